The second-order valence-electron chi connectivity index (χ2n) is 8.67. The Bertz CT molecular complexity index is 1040. The lowest BCUT2D eigenvalue weighted by atomic mass is 9.89. The molecule has 0 spiro atoms. The van der Waals surface area contributed by atoms with Crippen LogP contribution in [0.5, 0.6) is 0 Å². The van der Waals surface area contributed by atoms with Crippen LogP contribution < -0.4 is 21.0 Å². The lowest BCUT2D eigenvalue weighted by Gasteiger charge is -2.43. The molecule has 168 valence electrons. The van der Waals surface area contributed by atoms with Gasteiger partial charge in [0.1, 0.15) is 0 Å². The molecule has 1 aliphatic carbocycles. The van der Waals surface area contributed by atoms with E-state index in [1.54, 1.807) is 7.05 Å². The minimum atomic E-state index is -0.400. The fraction of sp³-hybridized carbons (Fsp3) is 0.591. The zero-order chi connectivity index (χ0) is 22.1. The number of benzene rings is 1. The van der Waals surface area contributed by atoms with E-state index in [9.17, 15) is 9.59 Å². The summed E-state index contributed by atoms with van der Waals surface area (Å²) in [5.41, 5.74) is 0.469. The Kier molecular flexibility index (Phi) is 6.39. The molecule has 0 amide bonds. The largest absolute Gasteiger partial charge is 0.369 e. The number of aromatic nitrogens is 3. The van der Waals surface area contributed by atoms with Gasteiger partial charge < -0.3 is 9.80 Å². The molecule has 8 nitrogen and oxygen atoms in total. The highest BCUT2D eigenvalue weighted by atomic mass is 35.5. The summed E-state index contributed by atoms with van der Waals surface area (Å²) in [5, 5.41) is 5.01. The SMILES string of the molecule is CN(c1nn(C)c(=O)n(C)c1=O)C1CCC(N2CCN(c3cccc(Cl)c3)CC2)CC1. The summed E-state index contributed by atoms with van der Waals surface area (Å²) in [4.78, 5) is 31.4. The van der Waals surface area contributed by atoms with Gasteiger partial charge in [0.15, 0.2) is 0 Å². The molecule has 1 aromatic carbocycles. The van der Waals surface area contributed by atoms with Crippen LogP contribution in [0, 0.1) is 0 Å². The van der Waals surface area contributed by atoms with Crippen LogP contribution >= 0.6 is 11.6 Å². The molecular formula is C22H31ClN6O2. The van der Waals surface area contributed by atoms with Crippen LogP contribution in [0.1, 0.15) is 25.7 Å². The smallest absolute Gasteiger partial charge is 0.346 e. The van der Waals surface area contributed by atoms with Gasteiger partial charge in [0.05, 0.1) is 0 Å². The van der Waals surface area contributed by atoms with Crippen molar-refractivity contribution in [1.29, 1.82) is 0 Å². The van der Waals surface area contributed by atoms with Crippen molar-refractivity contribution < 1.29 is 0 Å². The van der Waals surface area contributed by atoms with E-state index >= 15 is 0 Å². The van der Waals surface area contributed by atoms with Gasteiger partial charge in [0.2, 0.25) is 5.82 Å². The summed E-state index contributed by atoms with van der Waals surface area (Å²) >= 11 is 6.15. The minimum Gasteiger partial charge on any atom is -0.369 e. The molecule has 1 aromatic heterocycles. The van der Waals surface area contributed by atoms with E-state index in [4.69, 9.17) is 11.6 Å². The number of hydrogen-bond donors (Lipinski definition) is 0. The molecule has 4 rings (SSSR count). The van der Waals surface area contributed by atoms with Gasteiger partial charge in [-0.25, -0.2) is 9.48 Å². The van der Waals surface area contributed by atoms with Gasteiger partial charge in [0, 0.05) is 70.1 Å². The third kappa shape index (κ3) is 4.50. The number of piperazine rings is 1. The standard InChI is InChI=1S/C22H31ClN6O2/c1-25(20-21(30)26(2)22(31)27(3)24-20)17-7-9-18(10-8-17)28-11-13-29(14-12-28)19-6-4-5-16(23)15-19/h4-6,15,17-18H,7-14H2,1-3H3. The Morgan fingerprint density at radius 3 is 2.35 bits per heavy atom. The maximum Gasteiger partial charge on any atom is 0.346 e. The first kappa shape index (κ1) is 21.9. The molecule has 2 aromatic rings. The van der Waals surface area contributed by atoms with Crippen LogP contribution in [-0.4, -0.2) is 64.6 Å². The van der Waals surface area contributed by atoms with Gasteiger partial charge >= 0.3 is 5.69 Å². The van der Waals surface area contributed by atoms with Crippen molar-refractivity contribution in [3.05, 3.63) is 50.1 Å². The average Bonchev–Trinajstić information content (AvgIpc) is 2.80. The quantitative estimate of drug-likeness (QED) is 0.712. The van der Waals surface area contributed by atoms with Crippen molar-refractivity contribution >= 4 is 23.1 Å². The van der Waals surface area contributed by atoms with E-state index in [1.807, 2.05) is 30.1 Å². The normalized spacial score (nSPS) is 22.5. The Labute approximate surface area is 187 Å². The highest BCUT2D eigenvalue weighted by Crippen LogP contribution is 2.29. The molecule has 0 unspecified atom stereocenters. The first-order valence-corrected chi connectivity index (χ1v) is 11.3. The molecular weight excluding hydrogens is 416 g/mol. The molecule has 2 aliphatic rings. The van der Waals surface area contributed by atoms with Gasteiger partial charge in [0.25, 0.3) is 5.56 Å². The molecule has 9 heteroatoms. The van der Waals surface area contributed by atoms with Gasteiger partial charge in [-0.2, -0.15) is 0 Å². The summed E-state index contributed by atoms with van der Waals surface area (Å²) in [6.45, 7) is 4.14. The van der Waals surface area contributed by atoms with Crippen LogP contribution in [0.3, 0.4) is 0 Å². The molecule has 31 heavy (non-hydrogen) atoms. The van der Waals surface area contributed by atoms with Gasteiger partial charge in [-0.3, -0.25) is 14.3 Å². The highest BCUT2D eigenvalue weighted by Gasteiger charge is 2.31. The van der Waals surface area contributed by atoms with E-state index in [0.717, 1.165) is 61.5 Å². The predicted molar refractivity (Wildman–Crippen MR) is 124 cm³/mol. The highest BCUT2D eigenvalue weighted by molar-refractivity contribution is 6.30. The zero-order valence-electron chi connectivity index (χ0n) is 18.5. The van der Waals surface area contributed by atoms with Crippen LogP contribution in [0.25, 0.3) is 0 Å². The summed E-state index contributed by atoms with van der Waals surface area (Å²) in [5.74, 6) is 0.350. The van der Waals surface area contributed by atoms with Crippen LogP contribution in [0.2, 0.25) is 5.02 Å². The van der Waals surface area contributed by atoms with Crippen molar-refractivity contribution in [2.75, 3.05) is 43.0 Å². The molecule has 1 saturated carbocycles. The molecule has 0 atom stereocenters. The van der Waals surface area contributed by atoms with E-state index in [0.29, 0.717) is 11.9 Å². The summed E-state index contributed by atoms with van der Waals surface area (Å²) in [6.07, 6.45) is 4.25. The summed E-state index contributed by atoms with van der Waals surface area (Å²) in [7, 11) is 5.01. The Morgan fingerprint density at radius 2 is 1.71 bits per heavy atom. The van der Waals surface area contributed by atoms with E-state index in [1.165, 1.54) is 17.4 Å². The molecule has 2 fully saturated rings. The first-order chi connectivity index (χ1) is 14.8. The van der Waals surface area contributed by atoms with Crippen molar-refractivity contribution in [1.82, 2.24) is 19.2 Å². The number of rotatable bonds is 4. The van der Waals surface area contributed by atoms with Crippen LogP contribution in [0.15, 0.2) is 33.9 Å². The molecule has 0 N–H and O–H groups in total. The van der Waals surface area contributed by atoms with E-state index in [2.05, 4.69) is 21.0 Å². The lowest BCUT2D eigenvalue weighted by Crippen LogP contribution is -2.52. The van der Waals surface area contributed by atoms with Crippen molar-refractivity contribution in [2.45, 2.75) is 37.8 Å². The van der Waals surface area contributed by atoms with Crippen LogP contribution in [-0.2, 0) is 14.1 Å². The topological polar surface area (TPSA) is 66.6 Å². The van der Waals surface area contributed by atoms with Crippen molar-refractivity contribution in [2.24, 2.45) is 14.1 Å². The number of aryl methyl sites for hydroxylation is 1. The summed E-state index contributed by atoms with van der Waals surface area (Å²) < 4.78 is 2.36. The number of anilines is 2. The van der Waals surface area contributed by atoms with E-state index in [-0.39, 0.29) is 11.6 Å². The van der Waals surface area contributed by atoms with Crippen LogP contribution in [0.4, 0.5) is 11.5 Å². The predicted octanol–water partition coefficient (Wildman–Crippen LogP) is 1.70. The molecule has 0 radical (unpaired) electrons. The lowest BCUT2D eigenvalue weighted by molar-refractivity contribution is 0.141. The third-order valence-electron chi connectivity index (χ3n) is 6.86. The Balaban J connectivity index is 1.33. The second kappa shape index (κ2) is 9.04. The first-order valence-electron chi connectivity index (χ1n) is 11.0. The maximum absolute atomic E-state index is 12.5. The van der Waals surface area contributed by atoms with E-state index < -0.39 is 5.69 Å². The van der Waals surface area contributed by atoms with Gasteiger partial charge in [-0.1, -0.05) is 17.7 Å². The van der Waals surface area contributed by atoms with Gasteiger partial charge in [-0.05, 0) is 43.9 Å². The van der Waals surface area contributed by atoms with Gasteiger partial charge in [-0.15, -0.1) is 5.10 Å². The molecule has 0 bridgehead atoms. The van der Waals surface area contributed by atoms with Crippen molar-refractivity contribution in [3.63, 3.8) is 0 Å². The Morgan fingerprint density at radius 1 is 1.03 bits per heavy atom. The number of nitrogens with zero attached hydrogens (tertiary/aromatic N) is 6. The maximum atomic E-state index is 12.5. The molecule has 1 aliphatic heterocycles. The minimum absolute atomic E-state index is 0.265. The second-order valence-corrected chi connectivity index (χ2v) is 9.11. The average molecular weight is 447 g/mol. The Hall–Kier alpha value is -2.32. The number of halogens is 1. The third-order valence-corrected chi connectivity index (χ3v) is 7.09. The molecule has 2 heterocycles. The summed E-state index contributed by atoms with van der Waals surface area (Å²) in [6, 6.07) is 8.94. The molecule has 1 saturated heterocycles. The fourth-order valence-corrected chi connectivity index (χ4v) is 5.09. The fourth-order valence-electron chi connectivity index (χ4n) is 4.90. The van der Waals surface area contributed by atoms with Crippen molar-refractivity contribution in [3.8, 4) is 0 Å². The zero-order valence-corrected chi connectivity index (χ0v) is 19.3. The monoisotopic (exact) mass is 446 g/mol. The number of hydrogen-bond acceptors (Lipinski definition) is 6.